The topological polar surface area (TPSA) is 67.2 Å². The number of nitrogens with zero attached hydrogens (tertiary/aromatic N) is 3. The van der Waals surface area contributed by atoms with Crippen LogP contribution in [-0.4, -0.2) is 48.3 Å². The van der Waals surface area contributed by atoms with Gasteiger partial charge in [0.05, 0.1) is 18.3 Å². The number of imidazole rings is 1. The first kappa shape index (κ1) is 16.9. The number of sulfonamides is 1. The largest absolute Gasteiger partial charge is 0.337 e. The zero-order valence-electron chi connectivity index (χ0n) is 14.2. The van der Waals surface area contributed by atoms with Crippen molar-refractivity contribution in [3.63, 3.8) is 0 Å². The minimum atomic E-state index is -3.15. The third-order valence-corrected chi connectivity index (χ3v) is 5.93. The molecular weight excluding hydrogens is 312 g/mol. The Bertz CT molecular complexity index is 635. The summed E-state index contributed by atoms with van der Waals surface area (Å²) >= 11 is 0. The molecular formula is C16H28N4O2S. The molecule has 7 heteroatoms. The molecule has 1 saturated carbocycles. The molecule has 0 bridgehead atoms. The van der Waals surface area contributed by atoms with Gasteiger partial charge in [-0.3, -0.25) is 4.90 Å². The fourth-order valence-corrected chi connectivity index (χ4v) is 4.43. The maximum Gasteiger partial charge on any atom is 0.208 e. The van der Waals surface area contributed by atoms with E-state index < -0.39 is 10.0 Å². The van der Waals surface area contributed by atoms with Gasteiger partial charge < -0.3 is 4.57 Å². The molecule has 0 saturated heterocycles. The predicted molar refractivity (Wildman–Crippen MR) is 90.5 cm³/mol. The smallest absolute Gasteiger partial charge is 0.208 e. The zero-order chi connectivity index (χ0) is 16.4. The molecule has 1 aliphatic carbocycles. The molecule has 2 heterocycles. The quantitative estimate of drug-likeness (QED) is 0.877. The van der Waals surface area contributed by atoms with Crippen molar-refractivity contribution in [3.05, 3.63) is 17.7 Å². The Morgan fingerprint density at radius 3 is 2.74 bits per heavy atom. The number of rotatable bonds is 5. The summed E-state index contributed by atoms with van der Waals surface area (Å²) in [5.74, 6) is 0.745. The molecule has 1 atom stereocenters. The van der Waals surface area contributed by atoms with E-state index in [0.29, 0.717) is 6.54 Å². The van der Waals surface area contributed by atoms with Crippen LogP contribution < -0.4 is 4.72 Å². The second-order valence-corrected chi connectivity index (χ2v) is 8.99. The molecule has 1 aromatic rings. The number of nitrogens with one attached hydrogen (secondary N) is 1. The minimum absolute atomic E-state index is 0.217. The van der Waals surface area contributed by atoms with Crippen molar-refractivity contribution >= 4 is 10.0 Å². The van der Waals surface area contributed by atoms with Crippen LogP contribution in [0, 0.1) is 5.92 Å². The average molecular weight is 340 g/mol. The first-order chi connectivity index (χ1) is 10.9. The molecule has 1 aromatic heterocycles. The first-order valence-electron chi connectivity index (χ1n) is 8.60. The molecule has 3 rings (SSSR count). The van der Waals surface area contributed by atoms with E-state index in [4.69, 9.17) is 0 Å². The lowest BCUT2D eigenvalue weighted by Crippen LogP contribution is -2.49. The lowest BCUT2D eigenvalue weighted by Gasteiger charge is -2.38. The van der Waals surface area contributed by atoms with Gasteiger partial charge in [-0.2, -0.15) is 0 Å². The highest BCUT2D eigenvalue weighted by Gasteiger charge is 2.31. The molecule has 1 aliphatic heterocycles. The van der Waals surface area contributed by atoms with Crippen molar-refractivity contribution in [1.82, 2.24) is 19.2 Å². The number of fused-ring (bicyclic) bond motifs is 1. The average Bonchev–Trinajstić information content (AvgIpc) is 2.86. The number of aromatic nitrogens is 2. The second-order valence-electron chi connectivity index (χ2n) is 7.16. The highest BCUT2D eigenvalue weighted by molar-refractivity contribution is 7.88. The van der Waals surface area contributed by atoms with Crippen LogP contribution in [0.3, 0.4) is 0 Å². The standard InChI is InChI=1S/C16H28N4O2S/c1-19-12-17-15-11-20(10-13-6-4-3-5-7-13)14(8-16(15)19)9-18-23(2,21)22/h12-14,18H,3-11H2,1-2H3. The molecule has 0 aromatic carbocycles. The third kappa shape index (κ3) is 4.33. The van der Waals surface area contributed by atoms with Crippen LogP contribution in [-0.2, 0) is 30.0 Å². The van der Waals surface area contributed by atoms with E-state index in [1.54, 1.807) is 0 Å². The number of aryl methyl sites for hydroxylation is 1. The Morgan fingerprint density at radius 2 is 2.04 bits per heavy atom. The van der Waals surface area contributed by atoms with Gasteiger partial charge in [-0.1, -0.05) is 19.3 Å². The van der Waals surface area contributed by atoms with Gasteiger partial charge in [-0.15, -0.1) is 0 Å². The highest BCUT2D eigenvalue weighted by Crippen LogP contribution is 2.28. The molecule has 6 nitrogen and oxygen atoms in total. The molecule has 2 aliphatic rings. The van der Waals surface area contributed by atoms with Gasteiger partial charge in [-0.05, 0) is 18.8 Å². The van der Waals surface area contributed by atoms with E-state index in [1.165, 1.54) is 44.1 Å². The van der Waals surface area contributed by atoms with E-state index in [-0.39, 0.29) is 6.04 Å². The molecule has 0 spiro atoms. The van der Waals surface area contributed by atoms with Crippen LogP contribution in [0.5, 0.6) is 0 Å². The van der Waals surface area contributed by atoms with Crippen molar-refractivity contribution in [2.45, 2.75) is 51.1 Å². The Kier molecular flexibility index (Phi) is 5.08. The summed E-state index contributed by atoms with van der Waals surface area (Å²) in [6.07, 6.45) is 10.6. The third-order valence-electron chi connectivity index (χ3n) is 5.24. The summed E-state index contributed by atoms with van der Waals surface area (Å²) < 4.78 is 27.7. The predicted octanol–water partition coefficient (Wildman–Crippen LogP) is 1.28. The Hall–Kier alpha value is -0.920. The maximum atomic E-state index is 11.5. The summed E-state index contributed by atoms with van der Waals surface area (Å²) in [6, 6.07) is 0.217. The van der Waals surface area contributed by atoms with Gasteiger partial charge in [0.15, 0.2) is 0 Å². The summed E-state index contributed by atoms with van der Waals surface area (Å²) in [6.45, 7) is 2.38. The highest BCUT2D eigenvalue weighted by atomic mass is 32.2. The normalized spacial score (nSPS) is 23.8. The van der Waals surface area contributed by atoms with Gasteiger partial charge in [0.2, 0.25) is 10.0 Å². The molecule has 130 valence electrons. The molecule has 1 N–H and O–H groups in total. The molecule has 0 radical (unpaired) electrons. The summed E-state index contributed by atoms with van der Waals surface area (Å²) in [5, 5.41) is 0. The van der Waals surface area contributed by atoms with Gasteiger partial charge in [0, 0.05) is 44.8 Å². The number of hydrogen-bond acceptors (Lipinski definition) is 4. The van der Waals surface area contributed by atoms with Crippen LogP contribution in [0.1, 0.15) is 43.5 Å². The van der Waals surface area contributed by atoms with Crippen LogP contribution in [0.2, 0.25) is 0 Å². The fraction of sp³-hybridized carbons (Fsp3) is 0.812. The van der Waals surface area contributed by atoms with Crippen LogP contribution in [0.15, 0.2) is 6.33 Å². The van der Waals surface area contributed by atoms with Crippen molar-refractivity contribution < 1.29 is 8.42 Å². The molecule has 1 fully saturated rings. The minimum Gasteiger partial charge on any atom is -0.337 e. The summed E-state index contributed by atoms with van der Waals surface area (Å²) in [5.41, 5.74) is 2.39. The Balaban J connectivity index is 1.72. The Morgan fingerprint density at radius 1 is 1.30 bits per heavy atom. The van der Waals surface area contributed by atoms with Gasteiger partial charge >= 0.3 is 0 Å². The van der Waals surface area contributed by atoms with Crippen LogP contribution in [0.4, 0.5) is 0 Å². The fourth-order valence-electron chi connectivity index (χ4n) is 3.94. The molecule has 23 heavy (non-hydrogen) atoms. The Labute approximate surface area is 139 Å². The first-order valence-corrected chi connectivity index (χ1v) is 10.5. The van der Waals surface area contributed by atoms with E-state index >= 15 is 0 Å². The van der Waals surface area contributed by atoms with E-state index in [1.807, 2.05) is 13.4 Å². The molecule has 0 amide bonds. The van der Waals surface area contributed by atoms with Crippen molar-refractivity contribution in [2.75, 3.05) is 19.3 Å². The van der Waals surface area contributed by atoms with Crippen molar-refractivity contribution in [1.29, 1.82) is 0 Å². The monoisotopic (exact) mass is 340 g/mol. The lowest BCUT2D eigenvalue weighted by molar-refractivity contribution is 0.127. The van der Waals surface area contributed by atoms with Crippen molar-refractivity contribution in [3.8, 4) is 0 Å². The second kappa shape index (κ2) is 6.91. The van der Waals surface area contributed by atoms with Gasteiger partial charge in [0.25, 0.3) is 0 Å². The van der Waals surface area contributed by atoms with Crippen LogP contribution in [0.25, 0.3) is 0 Å². The van der Waals surface area contributed by atoms with Crippen LogP contribution >= 0.6 is 0 Å². The van der Waals surface area contributed by atoms with Gasteiger partial charge in [0.1, 0.15) is 0 Å². The SMILES string of the molecule is Cn1cnc2c1CC(CNS(C)(=O)=O)N(CC1CCCCC1)C2. The van der Waals surface area contributed by atoms with Gasteiger partial charge in [-0.25, -0.2) is 18.1 Å². The zero-order valence-corrected chi connectivity index (χ0v) is 15.0. The van der Waals surface area contributed by atoms with Crippen molar-refractivity contribution in [2.24, 2.45) is 13.0 Å². The number of hydrogen-bond donors (Lipinski definition) is 1. The lowest BCUT2D eigenvalue weighted by atomic mass is 9.88. The summed E-state index contributed by atoms with van der Waals surface area (Å²) in [4.78, 5) is 6.97. The van der Waals surface area contributed by atoms with E-state index in [0.717, 1.165) is 31.1 Å². The maximum absolute atomic E-state index is 11.5. The molecule has 1 unspecified atom stereocenters. The van der Waals surface area contributed by atoms with E-state index in [2.05, 4.69) is 19.2 Å². The van der Waals surface area contributed by atoms with E-state index in [9.17, 15) is 8.42 Å². The summed E-state index contributed by atoms with van der Waals surface area (Å²) in [7, 11) is -1.14.